The largest absolute Gasteiger partial charge is 0.458 e. The number of benzene rings is 5. The maximum Gasteiger partial charge on any atom is 0.245 e. The summed E-state index contributed by atoms with van der Waals surface area (Å²) in [6.45, 7) is 8.87. The molecule has 50 heavy (non-hydrogen) atoms. The van der Waals surface area contributed by atoms with Gasteiger partial charge >= 0.3 is 0 Å². The van der Waals surface area contributed by atoms with E-state index in [9.17, 15) is 0 Å². The van der Waals surface area contributed by atoms with Crippen LogP contribution in [0.5, 0.6) is 23.3 Å². The lowest BCUT2D eigenvalue weighted by Gasteiger charge is -2.36. The Morgan fingerprint density at radius 1 is 0.420 bits per heavy atom. The van der Waals surface area contributed by atoms with E-state index in [-0.39, 0.29) is 13.4 Å². The van der Waals surface area contributed by atoms with Gasteiger partial charge < -0.3 is 9.47 Å². The van der Waals surface area contributed by atoms with Crippen molar-refractivity contribution < 1.29 is 9.47 Å². The Morgan fingerprint density at radius 2 is 0.960 bits per heavy atom. The van der Waals surface area contributed by atoms with Crippen LogP contribution in [-0.4, -0.2) is 23.4 Å². The van der Waals surface area contributed by atoms with Crippen LogP contribution in [0.3, 0.4) is 0 Å². The van der Waals surface area contributed by atoms with Crippen LogP contribution < -0.4 is 42.3 Å². The van der Waals surface area contributed by atoms with Crippen molar-refractivity contribution >= 4 is 46.2 Å². The zero-order valence-electron chi connectivity index (χ0n) is 28.6. The van der Waals surface area contributed by atoms with Gasteiger partial charge in [0.05, 0.1) is 11.4 Å². The minimum Gasteiger partial charge on any atom is -0.458 e. The molecular weight excluding hydrogens is 610 g/mol. The summed E-state index contributed by atoms with van der Waals surface area (Å²) in [7, 11) is 0. The predicted octanol–water partition coefficient (Wildman–Crippen LogP) is 6.29. The lowest BCUT2D eigenvalue weighted by Crippen LogP contribution is -2.76. The van der Waals surface area contributed by atoms with Gasteiger partial charge in [-0.15, -0.1) is 0 Å². The fourth-order valence-electron chi connectivity index (χ4n) is 8.18. The summed E-state index contributed by atoms with van der Waals surface area (Å²) in [6, 6.07) is 46.7. The van der Waals surface area contributed by atoms with Crippen LogP contribution in [0.2, 0.25) is 0 Å². The molecule has 8 bridgehead atoms. The molecule has 2 aliphatic rings. The third-order valence-electron chi connectivity index (χ3n) is 10.4. The first-order valence-corrected chi connectivity index (χ1v) is 17.2. The Hall–Kier alpha value is -5.87. The summed E-state index contributed by atoms with van der Waals surface area (Å²) in [5.41, 5.74) is 16.3. The molecule has 4 heterocycles. The van der Waals surface area contributed by atoms with Crippen LogP contribution in [0.15, 0.2) is 133 Å². The molecule has 2 aliphatic heterocycles. The van der Waals surface area contributed by atoms with Crippen molar-refractivity contribution in [2.45, 2.75) is 27.7 Å². The second-order valence-corrected chi connectivity index (χ2v) is 13.5. The third kappa shape index (κ3) is 5.02. The molecule has 9 rings (SSSR count). The highest BCUT2D eigenvalue weighted by atomic mass is 16.5. The lowest BCUT2D eigenvalue weighted by molar-refractivity contribution is 0.446. The Balaban J connectivity index is 1.41. The Kier molecular flexibility index (Phi) is 7.20. The van der Waals surface area contributed by atoms with E-state index in [0.29, 0.717) is 11.8 Å². The molecule has 0 spiro atoms. The number of rotatable bonds is 2. The van der Waals surface area contributed by atoms with Gasteiger partial charge in [-0.05, 0) is 63.5 Å². The second kappa shape index (κ2) is 11.9. The number of aryl methyl sites for hydroxylation is 4. The van der Waals surface area contributed by atoms with Crippen LogP contribution in [0.1, 0.15) is 22.3 Å². The average molecular weight is 644 g/mol. The quantitative estimate of drug-likeness (QED) is 0.208. The molecule has 0 saturated carbocycles. The van der Waals surface area contributed by atoms with E-state index in [1.165, 1.54) is 55.0 Å². The molecule has 2 aromatic heterocycles. The van der Waals surface area contributed by atoms with E-state index < -0.39 is 0 Å². The van der Waals surface area contributed by atoms with Gasteiger partial charge in [0.25, 0.3) is 0 Å². The van der Waals surface area contributed by atoms with Crippen LogP contribution in [0.4, 0.5) is 0 Å². The molecule has 0 atom stereocenters. The van der Waals surface area contributed by atoms with Crippen LogP contribution >= 0.6 is 0 Å². The molecule has 4 nitrogen and oxygen atoms in total. The Morgan fingerprint density at radius 3 is 1.60 bits per heavy atom. The Bertz CT molecular complexity index is 2430. The zero-order valence-corrected chi connectivity index (χ0v) is 28.6. The second-order valence-electron chi connectivity index (χ2n) is 13.5. The average Bonchev–Trinajstić information content (AvgIpc) is 3.12. The van der Waals surface area contributed by atoms with E-state index in [0.717, 1.165) is 34.0 Å². The molecule has 0 radical (unpaired) electrons. The summed E-state index contributed by atoms with van der Waals surface area (Å²) in [5.74, 6) is 2.55. The van der Waals surface area contributed by atoms with Crippen molar-refractivity contribution in [1.29, 1.82) is 0 Å². The van der Waals surface area contributed by atoms with Crippen molar-refractivity contribution in [3.8, 4) is 45.8 Å². The molecule has 0 aliphatic carbocycles. The minimum absolute atomic E-state index is 0.0149. The number of hydrogen-bond donors (Lipinski definition) is 0. The number of pyridine rings is 2. The van der Waals surface area contributed by atoms with Gasteiger partial charge in [0.1, 0.15) is 11.5 Å². The molecule has 5 aromatic carbocycles. The van der Waals surface area contributed by atoms with E-state index in [4.69, 9.17) is 19.4 Å². The molecule has 238 valence electrons. The first-order valence-electron chi connectivity index (χ1n) is 17.2. The summed E-state index contributed by atoms with van der Waals surface area (Å²) >= 11 is 0. The minimum atomic E-state index is -0.0462. The van der Waals surface area contributed by atoms with Crippen LogP contribution in [0, 0.1) is 27.7 Å². The summed E-state index contributed by atoms with van der Waals surface area (Å²) in [5, 5.41) is 0. The van der Waals surface area contributed by atoms with Gasteiger partial charge in [-0.3, -0.25) is 0 Å². The SMILES string of the molecule is Cc1cccc(C)c1B1c2ccccc2B(c2c(C)cccc2C)c2c3cc(cc21)-c1cccc(n1)Oc1cccc(n1)-c1cccc(c1)O3. The van der Waals surface area contributed by atoms with E-state index in [2.05, 4.69) is 113 Å². The number of aromatic nitrogens is 2. The lowest BCUT2D eigenvalue weighted by atomic mass is 9.20. The maximum atomic E-state index is 7.15. The summed E-state index contributed by atoms with van der Waals surface area (Å²) in [4.78, 5) is 9.85. The van der Waals surface area contributed by atoms with Gasteiger partial charge in [0.15, 0.2) is 0 Å². The normalized spacial score (nSPS) is 12.6. The molecule has 0 N–H and O–H groups in total. The molecular formula is C44H34B2N2O2. The molecule has 0 saturated heterocycles. The maximum absolute atomic E-state index is 7.15. The van der Waals surface area contributed by atoms with Gasteiger partial charge in [-0.1, -0.05) is 141 Å². The fraction of sp³-hybridized carbons (Fsp3) is 0.0909. The van der Waals surface area contributed by atoms with Gasteiger partial charge in [0, 0.05) is 23.3 Å². The monoisotopic (exact) mass is 644 g/mol. The number of nitrogens with zero attached hydrogens (tertiary/aromatic N) is 2. The van der Waals surface area contributed by atoms with Gasteiger partial charge in [-0.25, -0.2) is 9.97 Å². The van der Waals surface area contributed by atoms with Crippen molar-refractivity contribution in [3.05, 3.63) is 156 Å². The first kappa shape index (κ1) is 30.2. The van der Waals surface area contributed by atoms with E-state index in [1.54, 1.807) is 0 Å². The van der Waals surface area contributed by atoms with Crippen molar-refractivity contribution in [3.63, 3.8) is 0 Å². The number of ether oxygens (including phenoxy) is 2. The first-order chi connectivity index (χ1) is 24.4. The van der Waals surface area contributed by atoms with E-state index >= 15 is 0 Å². The third-order valence-corrected chi connectivity index (χ3v) is 10.4. The highest BCUT2D eigenvalue weighted by Crippen LogP contribution is 2.32. The van der Waals surface area contributed by atoms with Crippen molar-refractivity contribution in [2.24, 2.45) is 0 Å². The zero-order chi connectivity index (χ0) is 33.9. The molecule has 0 amide bonds. The predicted molar refractivity (Wildman–Crippen MR) is 207 cm³/mol. The van der Waals surface area contributed by atoms with Crippen molar-refractivity contribution in [1.82, 2.24) is 9.97 Å². The number of fused-ring (bicyclic) bond motifs is 13. The molecule has 0 fully saturated rings. The topological polar surface area (TPSA) is 44.2 Å². The highest BCUT2D eigenvalue weighted by molar-refractivity contribution is 7.12. The van der Waals surface area contributed by atoms with Crippen LogP contribution in [-0.2, 0) is 0 Å². The smallest absolute Gasteiger partial charge is 0.245 e. The molecule has 7 aromatic rings. The van der Waals surface area contributed by atoms with Crippen molar-refractivity contribution in [2.75, 3.05) is 0 Å². The van der Waals surface area contributed by atoms with Gasteiger partial charge in [0.2, 0.25) is 25.2 Å². The standard InChI is InChI=1S/C44H34B2N2O2/c1-27-12-7-13-28(2)42(27)45-34-18-5-6-19-35(34)46(43-29(3)14-8-15-30(43)4)44-36(45)25-32-26-39(44)49-33-17-9-16-31(24-33)37-20-10-22-40(47-37)50-41-23-11-21-38(32)48-41/h5-26H,1-4H3. The summed E-state index contributed by atoms with van der Waals surface area (Å²) in [6.07, 6.45) is 0. The summed E-state index contributed by atoms with van der Waals surface area (Å²) < 4.78 is 13.4. The highest BCUT2D eigenvalue weighted by Gasteiger charge is 2.42. The molecule has 0 unspecified atom stereocenters. The number of hydrogen-bond acceptors (Lipinski definition) is 4. The van der Waals surface area contributed by atoms with Gasteiger partial charge in [-0.2, -0.15) is 0 Å². The van der Waals surface area contributed by atoms with E-state index in [1.807, 2.05) is 48.5 Å². The Labute approximate surface area is 294 Å². The fourth-order valence-corrected chi connectivity index (χ4v) is 8.18. The van der Waals surface area contributed by atoms with Crippen LogP contribution in [0.25, 0.3) is 22.5 Å². The molecule has 6 heteroatoms.